The van der Waals surface area contributed by atoms with E-state index in [4.69, 9.17) is 9.47 Å². The SMILES string of the molecule is COc1ccc(CNC(=O)COC(=O)[C@H](Cc2ccccc2)NC(=O)c2ccccc2)cc1. The molecule has 2 N–H and O–H groups in total. The Labute approximate surface area is 192 Å². The van der Waals surface area contributed by atoms with Gasteiger partial charge < -0.3 is 20.1 Å². The number of ether oxygens (including phenoxy) is 2. The van der Waals surface area contributed by atoms with Gasteiger partial charge in [0.15, 0.2) is 6.61 Å². The predicted molar refractivity (Wildman–Crippen MR) is 124 cm³/mol. The second kappa shape index (κ2) is 12.0. The third kappa shape index (κ3) is 7.50. The van der Waals surface area contributed by atoms with Gasteiger partial charge in [0.25, 0.3) is 11.8 Å². The van der Waals surface area contributed by atoms with Crippen molar-refractivity contribution in [1.29, 1.82) is 0 Å². The van der Waals surface area contributed by atoms with E-state index >= 15 is 0 Å². The maximum absolute atomic E-state index is 12.7. The van der Waals surface area contributed by atoms with E-state index in [2.05, 4.69) is 10.6 Å². The van der Waals surface area contributed by atoms with Crippen molar-refractivity contribution in [3.63, 3.8) is 0 Å². The van der Waals surface area contributed by atoms with Crippen molar-refractivity contribution in [2.75, 3.05) is 13.7 Å². The molecule has 3 aromatic carbocycles. The van der Waals surface area contributed by atoms with Gasteiger partial charge in [-0.1, -0.05) is 60.7 Å². The average Bonchev–Trinajstić information content (AvgIpc) is 2.87. The smallest absolute Gasteiger partial charge is 0.329 e. The van der Waals surface area contributed by atoms with Gasteiger partial charge in [0.2, 0.25) is 0 Å². The number of carbonyl (C=O) groups is 3. The molecule has 0 saturated carbocycles. The van der Waals surface area contributed by atoms with Gasteiger partial charge in [0, 0.05) is 18.5 Å². The van der Waals surface area contributed by atoms with Crippen molar-refractivity contribution in [2.45, 2.75) is 19.0 Å². The number of hydrogen-bond donors (Lipinski definition) is 2. The molecule has 3 rings (SSSR count). The number of nitrogens with one attached hydrogen (secondary N) is 2. The molecule has 0 heterocycles. The molecular formula is C26H26N2O5. The van der Waals surface area contributed by atoms with Crippen LogP contribution in [0.3, 0.4) is 0 Å². The minimum Gasteiger partial charge on any atom is -0.497 e. The maximum Gasteiger partial charge on any atom is 0.329 e. The summed E-state index contributed by atoms with van der Waals surface area (Å²) in [5.41, 5.74) is 2.17. The molecule has 0 unspecified atom stereocenters. The third-order valence-electron chi connectivity index (χ3n) is 4.90. The zero-order chi connectivity index (χ0) is 23.5. The number of hydrogen-bond acceptors (Lipinski definition) is 5. The second-order valence-electron chi connectivity index (χ2n) is 7.31. The highest BCUT2D eigenvalue weighted by Gasteiger charge is 2.24. The molecule has 33 heavy (non-hydrogen) atoms. The largest absolute Gasteiger partial charge is 0.497 e. The van der Waals surface area contributed by atoms with E-state index in [0.717, 1.165) is 16.9 Å². The van der Waals surface area contributed by atoms with E-state index in [-0.39, 0.29) is 6.42 Å². The summed E-state index contributed by atoms with van der Waals surface area (Å²) < 4.78 is 10.3. The highest BCUT2D eigenvalue weighted by atomic mass is 16.5. The number of amides is 2. The van der Waals surface area contributed by atoms with Gasteiger partial charge >= 0.3 is 5.97 Å². The molecule has 0 aliphatic rings. The van der Waals surface area contributed by atoms with E-state index in [1.54, 1.807) is 49.6 Å². The Kier molecular flexibility index (Phi) is 8.59. The van der Waals surface area contributed by atoms with Gasteiger partial charge in [-0.2, -0.15) is 0 Å². The lowest BCUT2D eigenvalue weighted by atomic mass is 10.1. The summed E-state index contributed by atoms with van der Waals surface area (Å²) in [7, 11) is 1.58. The van der Waals surface area contributed by atoms with Crippen LogP contribution in [-0.4, -0.2) is 37.5 Å². The van der Waals surface area contributed by atoms with Crippen molar-refractivity contribution in [2.24, 2.45) is 0 Å². The van der Waals surface area contributed by atoms with Crippen molar-refractivity contribution in [3.05, 3.63) is 102 Å². The van der Waals surface area contributed by atoms with Crippen molar-refractivity contribution in [3.8, 4) is 5.75 Å². The fourth-order valence-corrected chi connectivity index (χ4v) is 3.11. The Hall–Kier alpha value is -4.13. The first-order valence-electron chi connectivity index (χ1n) is 10.5. The van der Waals surface area contributed by atoms with Crippen LogP contribution in [0.1, 0.15) is 21.5 Å². The Balaban J connectivity index is 1.56. The summed E-state index contributed by atoms with van der Waals surface area (Å²) in [5, 5.41) is 5.42. The van der Waals surface area contributed by atoms with Crippen molar-refractivity contribution < 1.29 is 23.9 Å². The summed E-state index contributed by atoms with van der Waals surface area (Å²) in [6.07, 6.45) is 0.242. The molecule has 0 saturated heterocycles. The van der Waals surface area contributed by atoms with E-state index in [1.807, 2.05) is 42.5 Å². The van der Waals surface area contributed by atoms with E-state index in [0.29, 0.717) is 12.1 Å². The molecule has 0 spiro atoms. The molecule has 0 aliphatic heterocycles. The molecule has 0 aliphatic carbocycles. The Morgan fingerprint density at radius 2 is 1.45 bits per heavy atom. The zero-order valence-electron chi connectivity index (χ0n) is 18.3. The van der Waals surface area contributed by atoms with Gasteiger partial charge in [0.05, 0.1) is 7.11 Å². The lowest BCUT2D eigenvalue weighted by Gasteiger charge is -2.18. The fourth-order valence-electron chi connectivity index (χ4n) is 3.11. The first-order chi connectivity index (χ1) is 16.0. The van der Waals surface area contributed by atoms with E-state index in [9.17, 15) is 14.4 Å². The van der Waals surface area contributed by atoms with Crippen LogP contribution in [0.25, 0.3) is 0 Å². The molecule has 0 fully saturated rings. The van der Waals surface area contributed by atoms with Gasteiger partial charge in [-0.05, 0) is 35.4 Å². The van der Waals surface area contributed by atoms with E-state index < -0.39 is 30.4 Å². The predicted octanol–water partition coefficient (Wildman–Crippen LogP) is 2.90. The first-order valence-corrected chi connectivity index (χ1v) is 10.5. The van der Waals surface area contributed by atoms with Gasteiger partial charge in [-0.3, -0.25) is 9.59 Å². The number of rotatable bonds is 10. The summed E-state index contributed by atoms with van der Waals surface area (Å²) >= 11 is 0. The highest BCUT2D eigenvalue weighted by molar-refractivity contribution is 5.97. The summed E-state index contributed by atoms with van der Waals surface area (Å²) in [6, 6.07) is 24.2. The van der Waals surface area contributed by atoms with Crippen LogP contribution in [0.4, 0.5) is 0 Å². The van der Waals surface area contributed by atoms with Crippen molar-refractivity contribution in [1.82, 2.24) is 10.6 Å². The van der Waals surface area contributed by atoms with Gasteiger partial charge in [-0.25, -0.2) is 4.79 Å². The number of esters is 1. The van der Waals surface area contributed by atoms with Crippen LogP contribution < -0.4 is 15.4 Å². The quantitative estimate of drug-likeness (QED) is 0.467. The highest BCUT2D eigenvalue weighted by Crippen LogP contribution is 2.11. The molecule has 170 valence electrons. The molecule has 7 heteroatoms. The Morgan fingerprint density at radius 1 is 0.818 bits per heavy atom. The summed E-state index contributed by atoms with van der Waals surface area (Å²) in [4.78, 5) is 37.5. The fraction of sp³-hybridized carbons (Fsp3) is 0.192. The van der Waals surface area contributed by atoms with Gasteiger partial charge in [0.1, 0.15) is 11.8 Å². The van der Waals surface area contributed by atoms with Crippen LogP contribution >= 0.6 is 0 Å². The van der Waals surface area contributed by atoms with Crippen molar-refractivity contribution >= 4 is 17.8 Å². The van der Waals surface area contributed by atoms with Gasteiger partial charge in [-0.15, -0.1) is 0 Å². The molecule has 1 atom stereocenters. The second-order valence-corrected chi connectivity index (χ2v) is 7.31. The molecule has 3 aromatic rings. The lowest BCUT2D eigenvalue weighted by Crippen LogP contribution is -2.44. The minimum atomic E-state index is -0.936. The number of benzene rings is 3. The summed E-state index contributed by atoms with van der Waals surface area (Å²) in [6.45, 7) is -0.153. The number of methoxy groups -OCH3 is 1. The van der Waals surface area contributed by atoms with Crippen LogP contribution in [0.5, 0.6) is 5.75 Å². The summed E-state index contributed by atoms with van der Waals surface area (Å²) in [5.74, 6) is -0.784. The number of carbonyl (C=O) groups excluding carboxylic acids is 3. The maximum atomic E-state index is 12.7. The first kappa shape index (κ1) is 23.5. The molecule has 0 radical (unpaired) electrons. The standard InChI is InChI=1S/C26H26N2O5/c1-32-22-14-12-20(13-15-22)17-27-24(29)18-33-26(31)23(16-19-8-4-2-5-9-19)28-25(30)21-10-6-3-7-11-21/h2-15,23H,16-18H2,1H3,(H,27,29)(H,28,30)/t23-/m0/s1. The monoisotopic (exact) mass is 446 g/mol. The molecule has 0 aromatic heterocycles. The van der Waals surface area contributed by atoms with E-state index in [1.165, 1.54) is 0 Å². The zero-order valence-corrected chi connectivity index (χ0v) is 18.3. The van der Waals surface area contributed by atoms with Crippen LogP contribution in [-0.2, 0) is 27.3 Å². The topological polar surface area (TPSA) is 93.7 Å². The van der Waals surface area contributed by atoms with Crippen LogP contribution in [0.15, 0.2) is 84.9 Å². The molecule has 2 amide bonds. The third-order valence-corrected chi connectivity index (χ3v) is 4.90. The molecule has 0 bridgehead atoms. The van der Waals surface area contributed by atoms with Crippen LogP contribution in [0.2, 0.25) is 0 Å². The molecule has 7 nitrogen and oxygen atoms in total. The average molecular weight is 447 g/mol. The Morgan fingerprint density at radius 3 is 2.09 bits per heavy atom. The minimum absolute atomic E-state index is 0.242. The normalized spacial score (nSPS) is 11.2. The lowest BCUT2D eigenvalue weighted by molar-refractivity contribution is -0.150. The van der Waals surface area contributed by atoms with Crippen LogP contribution in [0, 0.1) is 0 Å². The molecular weight excluding hydrogens is 420 g/mol. The Bertz CT molecular complexity index is 1050.